The summed E-state index contributed by atoms with van der Waals surface area (Å²) >= 11 is 0. The van der Waals surface area contributed by atoms with Crippen molar-refractivity contribution in [3.8, 4) is 5.75 Å². The molecule has 1 aliphatic rings. The van der Waals surface area contributed by atoms with E-state index in [-0.39, 0.29) is 5.91 Å². The number of amides is 1. The van der Waals surface area contributed by atoms with Gasteiger partial charge in [0.05, 0.1) is 19.5 Å². The Morgan fingerprint density at radius 3 is 2.74 bits per heavy atom. The van der Waals surface area contributed by atoms with Crippen molar-refractivity contribution in [2.24, 2.45) is 0 Å². The minimum absolute atomic E-state index is 0.0868. The van der Waals surface area contributed by atoms with Crippen molar-refractivity contribution in [3.05, 3.63) is 47.4 Å². The third-order valence-electron chi connectivity index (χ3n) is 4.05. The molecule has 1 amide bonds. The molecule has 6 heteroatoms. The average Bonchev–Trinajstić information content (AvgIpc) is 2.60. The largest absolute Gasteiger partial charge is 0.496 e. The van der Waals surface area contributed by atoms with Gasteiger partial charge >= 0.3 is 0 Å². The molecule has 2 aromatic rings. The van der Waals surface area contributed by atoms with Crippen molar-refractivity contribution in [2.75, 3.05) is 32.6 Å². The van der Waals surface area contributed by atoms with Crippen LogP contribution in [0.25, 0.3) is 0 Å². The van der Waals surface area contributed by atoms with Crippen LogP contribution in [0.1, 0.15) is 21.6 Å². The smallest absolute Gasteiger partial charge is 0.274 e. The number of aromatic nitrogens is 2. The first-order chi connectivity index (χ1) is 11.1. The molecule has 0 unspecified atom stereocenters. The first kappa shape index (κ1) is 15.3. The van der Waals surface area contributed by atoms with Gasteiger partial charge in [-0.3, -0.25) is 4.79 Å². The van der Waals surface area contributed by atoms with Gasteiger partial charge in [0.25, 0.3) is 5.91 Å². The van der Waals surface area contributed by atoms with Crippen molar-refractivity contribution in [2.45, 2.75) is 13.0 Å². The predicted molar refractivity (Wildman–Crippen MR) is 87.8 cm³/mol. The predicted octanol–water partition coefficient (Wildman–Crippen LogP) is 1.75. The summed E-state index contributed by atoms with van der Waals surface area (Å²) < 4.78 is 5.40. The van der Waals surface area contributed by atoms with Gasteiger partial charge in [0.2, 0.25) is 0 Å². The van der Waals surface area contributed by atoms with Gasteiger partial charge in [-0.1, -0.05) is 12.1 Å². The van der Waals surface area contributed by atoms with Crippen LogP contribution >= 0.6 is 0 Å². The molecule has 0 saturated carbocycles. The van der Waals surface area contributed by atoms with Gasteiger partial charge in [0.15, 0.2) is 0 Å². The molecule has 0 aliphatic carbocycles. The second kappa shape index (κ2) is 6.24. The normalized spacial score (nSPS) is 13.4. The number of hydrogen-bond donors (Lipinski definition) is 0. The summed E-state index contributed by atoms with van der Waals surface area (Å²) in [5.74, 6) is 1.54. The van der Waals surface area contributed by atoms with E-state index in [1.54, 1.807) is 24.4 Å². The Balaban J connectivity index is 1.79. The zero-order valence-electron chi connectivity index (χ0n) is 13.6. The highest BCUT2D eigenvalue weighted by atomic mass is 16.5. The van der Waals surface area contributed by atoms with Crippen LogP contribution in [0.2, 0.25) is 0 Å². The Labute approximate surface area is 135 Å². The Bertz CT molecular complexity index is 713. The lowest BCUT2D eigenvalue weighted by molar-refractivity contribution is 0.0727. The minimum Gasteiger partial charge on any atom is -0.496 e. The number of anilines is 1. The summed E-state index contributed by atoms with van der Waals surface area (Å²) in [5.41, 5.74) is 2.69. The number of fused-ring (bicyclic) bond motifs is 1. The number of hydrogen-bond acceptors (Lipinski definition) is 5. The van der Waals surface area contributed by atoms with Crippen LogP contribution in [0.4, 0.5) is 5.82 Å². The monoisotopic (exact) mass is 312 g/mol. The maximum atomic E-state index is 12.6. The Morgan fingerprint density at radius 2 is 2.09 bits per heavy atom. The average molecular weight is 312 g/mol. The quantitative estimate of drug-likeness (QED) is 0.864. The number of rotatable bonds is 3. The summed E-state index contributed by atoms with van der Waals surface area (Å²) in [6.45, 7) is 1.23. The molecular weight excluding hydrogens is 292 g/mol. The summed E-state index contributed by atoms with van der Waals surface area (Å²) in [6.07, 6.45) is 3.95. The highest BCUT2D eigenvalue weighted by Gasteiger charge is 2.24. The molecule has 0 atom stereocenters. The van der Waals surface area contributed by atoms with Crippen molar-refractivity contribution >= 4 is 11.7 Å². The van der Waals surface area contributed by atoms with Crippen LogP contribution in [0.15, 0.2) is 30.6 Å². The van der Waals surface area contributed by atoms with Crippen LogP contribution in [0.5, 0.6) is 5.75 Å². The number of benzene rings is 1. The minimum atomic E-state index is -0.0868. The van der Waals surface area contributed by atoms with Gasteiger partial charge < -0.3 is 14.5 Å². The van der Waals surface area contributed by atoms with Crippen LogP contribution in [0, 0.1) is 0 Å². The van der Waals surface area contributed by atoms with E-state index < -0.39 is 0 Å². The first-order valence-electron chi connectivity index (χ1n) is 7.53. The third-order valence-corrected chi connectivity index (χ3v) is 4.05. The topological polar surface area (TPSA) is 58.6 Å². The Morgan fingerprint density at radius 1 is 1.26 bits per heavy atom. The van der Waals surface area contributed by atoms with Crippen LogP contribution in [0.3, 0.4) is 0 Å². The van der Waals surface area contributed by atoms with E-state index in [1.165, 1.54) is 5.56 Å². The lowest BCUT2D eigenvalue weighted by Gasteiger charge is -2.29. The summed E-state index contributed by atoms with van der Waals surface area (Å²) in [7, 11) is 5.45. The van der Waals surface area contributed by atoms with Gasteiger partial charge in [-0.25, -0.2) is 9.97 Å². The number of nitrogens with zero attached hydrogens (tertiary/aromatic N) is 4. The summed E-state index contributed by atoms with van der Waals surface area (Å²) in [4.78, 5) is 24.8. The molecule has 3 rings (SSSR count). The number of ether oxygens (including phenoxy) is 1. The molecule has 1 aromatic carbocycles. The Hall–Kier alpha value is -2.63. The van der Waals surface area contributed by atoms with Gasteiger partial charge in [0.1, 0.15) is 17.3 Å². The molecule has 0 bridgehead atoms. The van der Waals surface area contributed by atoms with Crippen LogP contribution in [-0.4, -0.2) is 48.5 Å². The van der Waals surface area contributed by atoms with Crippen LogP contribution < -0.4 is 9.64 Å². The van der Waals surface area contributed by atoms with Crippen molar-refractivity contribution in [1.29, 1.82) is 0 Å². The molecule has 0 radical (unpaired) electrons. The molecule has 1 aliphatic heterocycles. The number of methoxy groups -OCH3 is 1. The SMILES string of the molecule is COc1cccc2c1CCN(C(=O)c1cnc(N(C)C)cn1)C2. The highest BCUT2D eigenvalue weighted by molar-refractivity contribution is 5.92. The molecule has 0 fully saturated rings. The molecule has 1 aromatic heterocycles. The zero-order valence-corrected chi connectivity index (χ0v) is 13.6. The van der Waals surface area contributed by atoms with E-state index in [0.717, 1.165) is 23.6 Å². The third kappa shape index (κ3) is 2.97. The van der Waals surface area contributed by atoms with Gasteiger partial charge in [-0.05, 0) is 18.1 Å². The Kier molecular flexibility index (Phi) is 4.14. The number of carbonyl (C=O) groups is 1. The fourth-order valence-electron chi connectivity index (χ4n) is 2.76. The fourth-order valence-corrected chi connectivity index (χ4v) is 2.76. The van der Waals surface area contributed by atoms with E-state index >= 15 is 0 Å². The van der Waals surface area contributed by atoms with E-state index in [0.29, 0.717) is 18.8 Å². The molecular formula is C17H20N4O2. The van der Waals surface area contributed by atoms with Gasteiger partial charge in [-0.2, -0.15) is 0 Å². The maximum absolute atomic E-state index is 12.6. The molecule has 6 nitrogen and oxygen atoms in total. The van der Waals surface area contributed by atoms with E-state index in [4.69, 9.17) is 4.74 Å². The van der Waals surface area contributed by atoms with Gasteiger partial charge in [-0.15, -0.1) is 0 Å². The second-order valence-corrected chi connectivity index (χ2v) is 5.73. The van der Waals surface area contributed by atoms with Crippen molar-refractivity contribution in [1.82, 2.24) is 14.9 Å². The van der Waals surface area contributed by atoms with Crippen molar-refractivity contribution in [3.63, 3.8) is 0 Å². The molecule has 23 heavy (non-hydrogen) atoms. The summed E-state index contributed by atoms with van der Waals surface area (Å²) in [6, 6.07) is 5.96. The van der Waals surface area contributed by atoms with Gasteiger partial charge in [0, 0.05) is 32.7 Å². The fraction of sp³-hybridized carbons (Fsp3) is 0.353. The highest BCUT2D eigenvalue weighted by Crippen LogP contribution is 2.28. The maximum Gasteiger partial charge on any atom is 0.274 e. The molecule has 120 valence electrons. The summed E-state index contributed by atoms with van der Waals surface area (Å²) in [5, 5.41) is 0. The first-order valence-corrected chi connectivity index (χ1v) is 7.53. The van der Waals surface area contributed by atoms with E-state index in [1.807, 2.05) is 37.2 Å². The molecule has 2 heterocycles. The van der Waals surface area contributed by atoms with E-state index in [2.05, 4.69) is 9.97 Å². The van der Waals surface area contributed by atoms with E-state index in [9.17, 15) is 4.79 Å². The second-order valence-electron chi connectivity index (χ2n) is 5.73. The lowest BCUT2D eigenvalue weighted by atomic mass is 9.98. The number of carbonyl (C=O) groups excluding carboxylic acids is 1. The molecule has 0 saturated heterocycles. The molecule has 0 N–H and O–H groups in total. The standard InChI is InChI=1S/C17H20N4O2/c1-20(2)16-10-18-14(9-19-16)17(22)21-8-7-13-12(11-21)5-4-6-15(13)23-3/h4-6,9-10H,7-8,11H2,1-3H3. The molecule has 0 spiro atoms. The lowest BCUT2D eigenvalue weighted by Crippen LogP contribution is -2.36. The van der Waals surface area contributed by atoms with Crippen molar-refractivity contribution < 1.29 is 9.53 Å². The van der Waals surface area contributed by atoms with Crippen LogP contribution in [-0.2, 0) is 13.0 Å². The zero-order chi connectivity index (χ0) is 16.4.